The summed E-state index contributed by atoms with van der Waals surface area (Å²) in [6, 6.07) is 3.24. The van der Waals surface area contributed by atoms with Crippen LogP contribution in [-0.4, -0.2) is 17.2 Å². The van der Waals surface area contributed by atoms with Gasteiger partial charge in [0.25, 0.3) is 5.56 Å². The molecule has 0 aromatic carbocycles. The molecule has 1 aromatic rings. The first-order valence-corrected chi connectivity index (χ1v) is 7.44. The van der Waals surface area contributed by atoms with E-state index in [-0.39, 0.29) is 12.6 Å². The Bertz CT molecular complexity index is 518. The molecule has 0 bridgehead atoms. The molecule has 1 unspecified atom stereocenters. The average molecular weight is 302 g/mol. The Hall–Kier alpha value is -1.30. The molecule has 1 heterocycles. The van der Waals surface area contributed by atoms with E-state index in [1.807, 2.05) is 6.92 Å². The summed E-state index contributed by atoms with van der Waals surface area (Å²) in [6.07, 6.45) is -0.251. The number of hydrogen-bond acceptors (Lipinski definition) is 2. The Morgan fingerprint density at radius 2 is 2.00 bits per heavy atom. The lowest BCUT2D eigenvalue weighted by molar-refractivity contribution is -0.144. The van der Waals surface area contributed by atoms with Gasteiger partial charge in [0.1, 0.15) is 5.69 Å². The average Bonchev–Trinajstić information content (AvgIpc) is 2.92. The van der Waals surface area contributed by atoms with Crippen LogP contribution in [0.2, 0.25) is 0 Å². The molecule has 118 valence electrons. The molecule has 6 heteroatoms. The zero-order chi connectivity index (χ0) is 15.5. The van der Waals surface area contributed by atoms with Gasteiger partial charge in [0.15, 0.2) is 0 Å². The largest absolute Gasteiger partial charge is 0.431 e. The van der Waals surface area contributed by atoms with Gasteiger partial charge < -0.3 is 9.88 Å². The Morgan fingerprint density at radius 3 is 2.57 bits per heavy atom. The normalized spacial score (nSPS) is 18.1. The van der Waals surface area contributed by atoms with Gasteiger partial charge in [0.2, 0.25) is 0 Å². The molecule has 0 spiro atoms. The van der Waals surface area contributed by atoms with Gasteiger partial charge in [-0.15, -0.1) is 0 Å². The maximum atomic E-state index is 13.1. The van der Waals surface area contributed by atoms with Crippen molar-refractivity contribution in [1.29, 1.82) is 0 Å². The highest BCUT2D eigenvalue weighted by molar-refractivity contribution is 5.10. The van der Waals surface area contributed by atoms with Crippen molar-refractivity contribution in [3.8, 4) is 0 Å². The highest BCUT2D eigenvalue weighted by atomic mass is 19.4. The van der Waals surface area contributed by atoms with Gasteiger partial charge in [-0.25, -0.2) is 0 Å². The van der Waals surface area contributed by atoms with E-state index in [4.69, 9.17) is 0 Å². The number of rotatable bonds is 5. The number of alkyl halides is 3. The van der Waals surface area contributed by atoms with Gasteiger partial charge in [-0.2, -0.15) is 13.2 Å². The summed E-state index contributed by atoms with van der Waals surface area (Å²) < 4.78 is 40.1. The molecular weight excluding hydrogens is 281 g/mol. The third-order valence-electron chi connectivity index (χ3n) is 4.15. The third kappa shape index (κ3) is 3.87. The van der Waals surface area contributed by atoms with Gasteiger partial charge in [-0.1, -0.05) is 25.8 Å². The minimum absolute atomic E-state index is 0.0764. The third-order valence-corrected chi connectivity index (χ3v) is 4.15. The van der Waals surface area contributed by atoms with E-state index < -0.39 is 17.4 Å². The van der Waals surface area contributed by atoms with E-state index in [9.17, 15) is 18.0 Å². The summed E-state index contributed by atoms with van der Waals surface area (Å²) in [5, 5.41) is 3.25. The molecule has 1 atom stereocenters. The fraction of sp³-hybridized carbons (Fsp3) is 0.667. The quantitative estimate of drug-likeness (QED) is 0.907. The van der Waals surface area contributed by atoms with Crippen LogP contribution in [0.3, 0.4) is 0 Å². The minimum atomic E-state index is -4.51. The summed E-state index contributed by atoms with van der Waals surface area (Å²) in [4.78, 5) is 11.9. The molecule has 1 saturated carbocycles. The first-order chi connectivity index (χ1) is 9.93. The lowest BCUT2D eigenvalue weighted by Gasteiger charge is -2.26. The summed E-state index contributed by atoms with van der Waals surface area (Å²) in [6.45, 7) is 2.69. The van der Waals surface area contributed by atoms with Crippen LogP contribution in [0, 0.1) is 5.92 Å². The molecule has 1 aliphatic carbocycles. The number of halogens is 3. The van der Waals surface area contributed by atoms with Crippen molar-refractivity contribution in [2.24, 2.45) is 5.92 Å². The van der Waals surface area contributed by atoms with Gasteiger partial charge in [-0.05, 0) is 31.4 Å². The first-order valence-electron chi connectivity index (χ1n) is 7.44. The molecular formula is C15H21F3N2O. The SMILES string of the molecule is CCNC(Cn1c(C(F)(F)F)cccc1=O)C1CCCC1. The van der Waals surface area contributed by atoms with Crippen molar-refractivity contribution in [2.75, 3.05) is 6.54 Å². The Balaban J connectivity index is 2.29. The lowest BCUT2D eigenvalue weighted by atomic mass is 9.97. The van der Waals surface area contributed by atoms with Crippen LogP contribution in [0.5, 0.6) is 0 Å². The monoisotopic (exact) mass is 302 g/mol. The number of nitrogens with one attached hydrogen (secondary N) is 1. The van der Waals surface area contributed by atoms with Crippen LogP contribution in [0.15, 0.2) is 23.0 Å². The van der Waals surface area contributed by atoms with E-state index in [1.165, 1.54) is 12.1 Å². The van der Waals surface area contributed by atoms with Crippen LogP contribution in [-0.2, 0) is 12.7 Å². The predicted octanol–water partition coefficient (Wildman–Crippen LogP) is 3.04. The Labute approximate surface area is 122 Å². The number of hydrogen-bond donors (Lipinski definition) is 1. The molecule has 2 rings (SSSR count). The van der Waals surface area contributed by atoms with Gasteiger partial charge in [-0.3, -0.25) is 4.79 Å². The Morgan fingerprint density at radius 1 is 1.33 bits per heavy atom. The van der Waals surface area contributed by atoms with Crippen molar-refractivity contribution >= 4 is 0 Å². The fourth-order valence-electron chi connectivity index (χ4n) is 3.16. The Kier molecular flexibility index (Phi) is 5.08. The second kappa shape index (κ2) is 6.64. The summed E-state index contributed by atoms with van der Waals surface area (Å²) in [5.41, 5.74) is -1.46. The molecule has 0 aliphatic heterocycles. The second-order valence-corrected chi connectivity index (χ2v) is 5.57. The molecule has 1 fully saturated rings. The van der Waals surface area contributed by atoms with Crippen LogP contribution in [0.4, 0.5) is 13.2 Å². The van der Waals surface area contributed by atoms with E-state index in [0.717, 1.165) is 36.3 Å². The van der Waals surface area contributed by atoms with Crippen molar-refractivity contribution in [3.05, 3.63) is 34.2 Å². The van der Waals surface area contributed by atoms with Crippen molar-refractivity contribution in [3.63, 3.8) is 0 Å². The van der Waals surface area contributed by atoms with E-state index in [1.54, 1.807) is 0 Å². The maximum Gasteiger partial charge on any atom is 0.431 e. The number of nitrogens with zero attached hydrogens (tertiary/aromatic N) is 1. The molecule has 0 amide bonds. The molecule has 21 heavy (non-hydrogen) atoms. The number of likely N-dealkylation sites (N-methyl/N-ethyl adjacent to an activating group) is 1. The van der Waals surface area contributed by atoms with E-state index in [2.05, 4.69) is 5.32 Å². The molecule has 0 saturated heterocycles. The lowest BCUT2D eigenvalue weighted by Crippen LogP contribution is -2.42. The van der Waals surface area contributed by atoms with Crippen LogP contribution in [0.1, 0.15) is 38.3 Å². The standard InChI is InChI=1S/C15H21F3N2O/c1-2-19-12(11-6-3-4-7-11)10-20-13(15(16,17)18)8-5-9-14(20)21/h5,8-9,11-12,19H,2-4,6-7,10H2,1H3. The zero-order valence-corrected chi connectivity index (χ0v) is 12.1. The molecule has 1 N–H and O–H groups in total. The number of pyridine rings is 1. The predicted molar refractivity (Wildman–Crippen MR) is 75.1 cm³/mol. The van der Waals surface area contributed by atoms with Crippen molar-refractivity contribution in [1.82, 2.24) is 9.88 Å². The van der Waals surface area contributed by atoms with Gasteiger partial charge in [0, 0.05) is 18.7 Å². The van der Waals surface area contributed by atoms with Crippen molar-refractivity contribution in [2.45, 2.75) is 51.4 Å². The van der Waals surface area contributed by atoms with Crippen molar-refractivity contribution < 1.29 is 13.2 Å². The van der Waals surface area contributed by atoms with Crippen LogP contribution in [0.25, 0.3) is 0 Å². The van der Waals surface area contributed by atoms with Crippen LogP contribution >= 0.6 is 0 Å². The number of aromatic nitrogens is 1. The summed E-state index contributed by atoms with van der Waals surface area (Å²) in [7, 11) is 0. The van der Waals surface area contributed by atoms with E-state index in [0.29, 0.717) is 12.5 Å². The molecule has 0 radical (unpaired) electrons. The maximum absolute atomic E-state index is 13.1. The highest BCUT2D eigenvalue weighted by Crippen LogP contribution is 2.31. The minimum Gasteiger partial charge on any atom is -0.312 e. The first kappa shape index (κ1) is 16.1. The smallest absolute Gasteiger partial charge is 0.312 e. The second-order valence-electron chi connectivity index (χ2n) is 5.57. The topological polar surface area (TPSA) is 34.0 Å². The van der Waals surface area contributed by atoms with Crippen LogP contribution < -0.4 is 10.9 Å². The highest BCUT2D eigenvalue weighted by Gasteiger charge is 2.35. The molecule has 1 aromatic heterocycles. The molecule has 1 aliphatic rings. The van der Waals surface area contributed by atoms with E-state index >= 15 is 0 Å². The summed E-state index contributed by atoms with van der Waals surface area (Å²) >= 11 is 0. The van der Waals surface area contributed by atoms with Gasteiger partial charge >= 0.3 is 6.18 Å². The molecule has 3 nitrogen and oxygen atoms in total. The van der Waals surface area contributed by atoms with Gasteiger partial charge in [0.05, 0.1) is 0 Å². The summed E-state index contributed by atoms with van der Waals surface area (Å²) in [5.74, 6) is 0.345. The fourth-order valence-corrected chi connectivity index (χ4v) is 3.16. The zero-order valence-electron chi connectivity index (χ0n) is 12.1.